The van der Waals surface area contributed by atoms with Crippen molar-refractivity contribution in [3.63, 3.8) is 0 Å². The molecule has 9 nitrogen and oxygen atoms in total. The molecule has 0 bridgehead atoms. The molecular weight excluding hydrogens is 471 g/mol. The third kappa shape index (κ3) is 4.92. The van der Waals surface area contributed by atoms with Crippen molar-refractivity contribution in [1.29, 1.82) is 0 Å². The molecule has 12 heteroatoms. The van der Waals surface area contributed by atoms with Crippen LogP contribution < -0.4 is 10.6 Å². The van der Waals surface area contributed by atoms with Gasteiger partial charge in [-0.15, -0.1) is 11.3 Å². The maximum Gasteiger partial charge on any atom is 0.264 e. The van der Waals surface area contributed by atoms with Crippen LogP contribution in [0.5, 0.6) is 0 Å². The fraction of sp³-hybridized carbons (Fsp3) is 0.381. The molecule has 4 rings (SSSR count). The zero-order valence-corrected chi connectivity index (χ0v) is 19.2. The molecule has 0 radical (unpaired) electrons. The lowest BCUT2D eigenvalue weighted by molar-refractivity contribution is -0.133. The van der Waals surface area contributed by atoms with Crippen LogP contribution in [-0.4, -0.2) is 73.6 Å². The van der Waals surface area contributed by atoms with E-state index in [9.17, 15) is 27.2 Å². The minimum absolute atomic E-state index is 0.00783. The molecule has 3 heterocycles. The van der Waals surface area contributed by atoms with E-state index in [0.717, 1.165) is 28.6 Å². The second-order valence-electron chi connectivity index (χ2n) is 7.80. The Kier molecular flexibility index (Phi) is 6.77. The van der Waals surface area contributed by atoms with Crippen LogP contribution in [0.4, 0.5) is 4.39 Å². The summed E-state index contributed by atoms with van der Waals surface area (Å²) in [5.41, 5.74) is 0. The number of hydrogen-bond donors (Lipinski definition) is 2. The third-order valence-corrected chi connectivity index (χ3v) is 8.43. The highest BCUT2D eigenvalue weighted by Crippen LogP contribution is 2.23. The van der Waals surface area contributed by atoms with E-state index in [-0.39, 0.29) is 36.3 Å². The molecule has 0 spiro atoms. The molecule has 1 aromatic carbocycles. The summed E-state index contributed by atoms with van der Waals surface area (Å²) >= 11 is 1.22. The van der Waals surface area contributed by atoms with Gasteiger partial charge in [-0.2, -0.15) is 4.31 Å². The van der Waals surface area contributed by atoms with E-state index in [2.05, 4.69) is 10.6 Å². The first-order valence-corrected chi connectivity index (χ1v) is 12.8. The molecule has 0 saturated carbocycles. The van der Waals surface area contributed by atoms with Gasteiger partial charge in [-0.1, -0.05) is 6.07 Å². The molecule has 1 aromatic heterocycles. The van der Waals surface area contributed by atoms with Crippen LogP contribution in [0.3, 0.4) is 0 Å². The summed E-state index contributed by atoms with van der Waals surface area (Å²) < 4.78 is 40.6. The number of halogens is 1. The largest absolute Gasteiger partial charge is 0.354 e. The second kappa shape index (κ2) is 9.57. The van der Waals surface area contributed by atoms with Gasteiger partial charge in [0.15, 0.2) is 0 Å². The fourth-order valence-corrected chi connectivity index (χ4v) is 6.04. The zero-order valence-electron chi connectivity index (χ0n) is 17.6. The summed E-state index contributed by atoms with van der Waals surface area (Å²) in [4.78, 5) is 40.0. The van der Waals surface area contributed by atoms with E-state index in [0.29, 0.717) is 24.3 Å². The maximum atomic E-state index is 13.3. The molecule has 2 aliphatic heterocycles. The van der Waals surface area contributed by atoms with Crippen LogP contribution in [0.2, 0.25) is 0 Å². The second-order valence-corrected chi connectivity index (χ2v) is 10.7. The number of piperazine rings is 1. The first-order chi connectivity index (χ1) is 15.8. The number of carbonyl (C=O) groups is 3. The van der Waals surface area contributed by atoms with Crippen molar-refractivity contribution in [3.8, 4) is 0 Å². The average Bonchev–Trinajstić information content (AvgIpc) is 3.35. The number of piperidine rings is 1. The van der Waals surface area contributed by atoms with E-state index in [4.69, 9.17) is 0 Å². The number of carbonyl (C=O) groups excluding carboxylic acids is 3. The van der Waals surface area contributed by atoms with Gasteiger partial charge in [-0.05, 0) is 48.6 Å². The van der Waals surface area contributed by atoms with E-state index in [1.54, 1.807) is 17.5 Å². The van der Waals surface area contributed by atoms with Gasteiger partial charge in [0, 0.05) is 26.2 Å². The molecule has 2 unspecified atom stereocenters. The van der Waals surface area contributed by atoms with Gasteiger partial charge in [-0.3, -0.25) is 14.4 Å². The average molecular weight is 495 g/mol. The van der Waals surface area contributed by atoms with Gasteiger partial charge in [0.1, 0.15) is 17.9 Å². The summed E-state index contributed by atoms with van der Waals surface area (Å²) in [6.45, 7) is 0.217. The van der Waals surface area contributed by atoms with E-state index in [1.165, 1.54) is 16.2 Å². The Morgan fingerprint density at radius 3 is 2.58 bits per heavy atom. The quantitative estimate of drug-likeness (QED) is 0.638. The Labute approximate surface area is 194 Å². The van der Waals surface area contributed by atoms with E-state index < -0.39 is 33.8 Å². The lowest BCUT2D eigenvalue weighted by Crippen LogP contribution is -2.63. The van der Waals surface area contributed by atoms with Gasteiger partial charge < -0.3 is 15.5 Å². The summed E-state index contributed by atoms with van der Waals surface area (Å²) in [6, 6.07) is 5.91. The van der Waals surface area contributed by atoms with Crippen LogP contribution in [0.1, 0.15) is 22.5 Å². The zero-order chi connectivity index (χ0) is 23.6. The highest BCUT2D eigenvalue weighted by molar-refractivity contribution is 7.89. The molecule has 3 amide bonds. The molecule has 2 aliphatic rings. The molecular formula is C21H23FN4O5S2. The smallest absolute Gasteiger partial charge is 0.264 e. The molecule has 2 fully saturated rings. The number of benzene rings is 1. The van der Waals surface area contributed by atoms with Gasteiger partial charge in [0.05, 0.1) is 9.77 Å². The minimum Gasteiger partial charge on any atom is -0.354 e. The van der Waals surface area contributed by atoms with Crippen LogP contribution >= 0.6 is 11.3 Å². The third-order valence-electron chi connectivity index (χ3n) is 5.69. The van der Waals surface area contributed by atoms with Crippen molar-refractivity contribution in [2.75, 3.05) is 26.2 Å². The standard InChI is InChI=1S/C21H23FN4O5S2/c22-14-5-7-15(8-6-14)33(30,31)25-10-11-26(21(29)18-4-2-12-32-18)17(13-25)20(28)24-16-3-1-9-23-19(16)27/h2,4-8,12,16-17H,1,3,9-11,13H2,(H,23,27)(H,24,28). The Balaban J connectivity index is 1.59. The van der Waals surface area contributed by atoms with Gasteiger partial charge in [-0.25, -0.2) is 12.8 Å². The van der Waals surface area contributed by atoms with Crippen molar-refractivity contribution in [2.45, 2.75) is 29.8 Å². The Morgan fingerprint density at radius 1 is 1.15 bits per heavy atom. The van der Waals surface area contributed by atoms with Crippen LogP contribution in [0, 0.1) is 5.82 Å². The van der Waals surface area contributed by atoms with E-state index >= 15 is 0 Å². The fourth-order valence-electron chi connectivity index (χ4n) is 3.92. The van der Waals surface area contributed by atoms with E-state index in [1.807, 2.05) is 0 Å². The molecule has 176 valence electrons. The van der Waals surface area contributed by atoms with Crippen LogP contribution in [-0.2, 0) is 19.6 Å². The SMILES string of the molecule is O=C1NCCCC1NC(=O)C1CN(S(=O)(=O)c2ccc(F)cc2)CCN1C(=O)c1cccs1. The first kappa shape index (κ1) is 23.3. The lowest BCUT2D eigenvalue weighted by atomic mass is 10.1. The first-order valence-electron chi connectivity index (χ1n) is 10.5. The van der Waals surface area contributed by atoms with Crippen LogP contribution in [0.25, 0.3) is 0 Å². The number of rotatable bonds is 5. The highest BCUT2D eigenvalue weighted by Gasteiger charge is 2.41. The van der Waals surface area contributed by atoms with Crippen molar-refractivity contribution < 1.29 is 27.2 Å². The van der Waals surface area contributed by atoms with Gasteiger partial charge >= 0.3 is 0 Å². The summed E-state index contributed by atoms with van der Waals surface area (Å²) in [7, 11) is -4.02. The number of sulfonamides is 1. The normalized spacial score (nSPS) is 22.0. The van der Waals surface area contributed by atoms with Crippen molar-refractivity contribution in [1.82, 2.24) is 19.8 Å². The molecule has 33 heavy (non-hydrogen) atoms. The Morgan fingerprint density at radius 2 is 1.91 bits per heavy atom. The molecule has 2 aromatic rings. The summed E-state index contributed by atoms with van der Waals surface area (Å²) in [5.74, 6) is -1.85. The lowest BCUT2D eigenvalue weighted by Gasteiger charge is -2.40. The topological polar surface area (TPSA) is 116 Å². The maximum absolute atomic E-state index is 13.3. The molecule has 2 atom stereocenters. The number of thiophene rings is 1. The van der Waals surface area contributed by atoms with Crippen molar-refractivity contribution in [3.05, 3.63) is 52.5 Å². The van der Waals surface area contributed by atoms with Gasteiger partial charge in [0.2, 0.25) is 21.8 Å². The predicted octanol–water partition coefficient (Wildman–Crippen LogP) is 0.797. The predicted molar refractivity (Wildman–Crippen MR) is 118 cm³/mol. The van der Waals surface area contributed by atoms with Gasteiger partial charge in [0.25, 0.3) is 5.91 Å². The monoisotopic (exact) mass is 494 g/mol. The number of nitrogens with zero attached hydrogens (tertiary/aromatic N) is 2. The summed E-state index contributed by atoms with van der Waals surface area (Å²) in [6.07, 6.45) is 1.16. The molecule has 2 N–H and O–H groups in total. The highest BCUT2D eigenvalue weighted by atomic mass is 32.2. The summed E-state index contributed by atoms with van der Waals surface area (Å²) in [5, 5.41) is 7.10. The molecule has 0 aliphatic carbocycles. The molecule has 2 saturated heterocycles. The number of nitrogens with one attached hydrogen (secondary N) is 2. The number of hydrogen-bond acceptors (Lipinski definition) is 6. The minimum atomic E-state index is -4.02. The Hall–Kier alpha value is -2.83. The van der Waals surface area contributed by atoms with Crippen molar-refractivity contribution >= 4 is 39.1 Å². The number of amides is 3. The van der Waals surface area contributed by atoms with Crippen molar-refractivity contribution in [2.24, 2.45) is 0 Å². The van der Waals surface area contributed by atoms with Crippen LogP contribution in [0.15, 0.2) is 46.7 Å². The Bertz CT molecular complexity index is 1140.